The van der Waals surface area contributed by atoms with Gasteiger partial charge in [0, 0.05) is 12.0 Å². The fourth-order valence-electron chi connectivity index (χ4n) is 2.52. The first-order chi connectivity index (χ1) is 10.1. The molecule has 0 bridgehead atoms. The molecule has 5 nitrogen and oxygen atoms in total. The molecular weight excluding hydrogens is 264 g/mol. The number of guanidine groups is 1. The van der Waals surface area contributed by atoms with Crippen molar-refractivity contribution in [3.8, 4) is 0 Å². The van der Waals surface area contributed by atoms with E-state index in [0.717, 1.165) is 5.56 Å². The highest BCUT2D eigenvalue weighted by molar-refractivity contribution is 6.03. The van der Waals surface area contributed by atoms with E-state index in [0.29, 0.717) is 11.3 Å². The third-order valence-corrected chi connectivity index (χ3v) is 3.56. The molecule has 4 N–H and O–H groups in total. The Morgan fingerprint density at radius 1 is 1.10 bits per heavy atom. The van der Waals surface area contributed by atoms with Gasteiger partial charge in [-0.2, -0.15) is 10.1 Å². The molecule has 0 aliphatic carbocycles. The molecule has 1 heterocycles. The standard InChI is InChI=1S/C16H16N4O/c17-15(18)20-16(21,13-9-5-2-6-10-13)11-14(19-20)12-7-3-1-4-8-12/h1-10,21H,11H2,(H3,17,18)/t16-/m0/s1. The van der Waals surface area contributed by atoms with E-state index in [9.17, 15) is 5.11 Å². The summed E-state index contributed by atoms with van der Waals surface area (Å²) in [6, 6.07) is 18.8. The molecule has 0 aromatic heterocycles. The van der Waals surface area contributed by atoms with Crippen LogP contribution in [-0.4, -0.2) is 21.8 Å². The summed E-state index contributed by atoms with van der Waals surface area (Å²) < 4.78 is 0. The molecule has 0 fully saturated rings. The summed E-state index contributed by atoms with van der Waals surface area (Å²) >= 11 is 0. The lowest BCUT2D eigenvalue weighted by molar-refractivity contribution is -0.0583. The molecule has 0 radical (unpaired) electrons. The first-order valence-electron chi connectivity index (χ1n) is 6.66. The number of rotatable bonds is 2. The number of hydrogen-bond donors (Lipinski definition) is 3. The third kappa shape index (κ3) is 2.28. The lowest BCUT2D eigenvalue weighted by Gasteiger charge is -2.31. The van der Waals surface area contributed by atoms with Crippen molar-refractivity contribution in [2.24, 2.45) is 10.8 Å². The second kappa shape index (κ2) is 5.03. The van der Waals surface area contributed by atoms with Gasteiger partial charge in [0.05, 0.1) is 5.71 Å². The van der Waals surface area contributed by atoms with Crippen molar-refractivity contribution < 1.29 is 5.11 Å². The molecule has 1 atom stereocenters. The zero-order valence-corrected chi connectivity index (χ0v) is 11.4. The Morgan fingerprint density at radius 2 is 1.67 bits per heavy atom. The van der Waals surface area contributed by atoms with Crippen LogP contribution >= 0.6 is 0 Å². The Bertz CT molecular complexity index is 684. The maximum Gasteiger partial charge on any atom is 0.212 e. The van der Waals surface area contributed by atoms with Gasteiger partial charge in [-0.25, -0.2) is 0 Å². The molecule has 0 unspecified atom stereocenters. The van der Waals surface area contributed by atoms with Crippen LogP contribution in [0.3, 0.4) is 0 Å². The van der Waals surface area contributed by atoms with E-state index in [1.807, 2.05) is 48.5 Å². The van der Waals surface area contributed by atoms with E-state index in [-0.39, 0.29) is 12.4 Å². The number of nitrogens with two attached hydrogens (primary N) is 1. The SMILES string of the molecule is N=C(N)N1N=C(c2ccccc2)C[C@]1(O)c1ccccc1. The van der Waals surface area contributed by atoms with Gasteiger partial charge >= 0.3 is 0 Å². The fourth-order valence-corrected chi connectivity index (χ4v) is 2.52. The summed E-state index contributed by atoms with van der Waals surface area (Å²) in [7, 11) is 0. The monoisotopic (exact) mass is 280 g/mol. The number of hydrogen-bond acceptors (Lipinski definition) is 3. The van der Waals surface area contributed by atoms with E-state index in [2.05, 4.69) is 5.10 Å². The molecule has 106 valence electrons. The Kier molecular flexibility index (Phi) is 3.19. The van der Waals surface area contributed by atoms with Gasteiger partial charge in [-0.05, 0) is 5.56 Å². The Balaban J connectivity index is 2.03. The first kappa shape index (κ1) is 13.3. The average Bonchev–Trinajstić information content (AvgIpc) is 2.89. The molecule has 0 spiro atoms. The molecule has 1 aliphatic rings. The minimum absolute atomic E-state index is 0.278. The van der Waals surface area contributed by atoms with Crippen molar-refractivity contribution in [1.82, 2.24) is 5.01 Å². The second-order valence-corrected chi connectivity index (χ2v) is 4.97. The van der Waals surface area contributed by atoms with Gasteiger partial charge < -0.3 is 10.8 Å². The van der Waals surface area contributed by atoms with Crippen LogP contribution in [-0.2, 0) is 5.72 Å². The summed E-state index contributed by atoms with van der Waals surface area (Å²) in [6.45, 7) is 0. The molecular formula is C16H16N4O. The van der Waals surface area contributed by atoms with Gasteiger partial charge in [-0.3, -0.25) is 5.41 Å². The van der Waals surface area contributed by atoms with Crippen LogP contribution in [0.25, 0.3) is 0 Å². The topological polar surface area (TPSA) is 85.7 Å². The summed E-state index contributed by atoms with van der Waals surface area (Å²) in [6.07, 6.45) is 0.278. The van der Waals surface area contributed by atoms with E-state index in [1.54, 1.807) is 12.1 Å². The average molecular weight is 280 g/mol. The Hall–Kier alpha value is -2.66. The molecule has 0 amide bonds. The minimum Gasteiger partial charge on any atom is -0.368 e. The largest absolute Gasteiger partial charge is 0.368 e. The van der Waals surface area contributed by atoms with E-state index >= 15 is 0 Å². The van der Waals surface area contributed by atoms with Crippen LogP contribution < -0.4 is 5.73 Å². The maximum atomic E-state index is 11.0. The van der Waals surface area contributed by atoms with Crippen LogP contribution in [0.4, 0.5) is 0 Å². The highest BCUT2D eigenvalue weighted by Crippen LogP contribution is 2.36. The highest BCUT2D eigenvalue weighted by atomic mass is 16.3. The number of nitrogens with zero attached hydrogens (tertiary/aromatic N) is 2. The van der Waals surface area contributed by atoms with Gasteiger partial charge in [0.2, 0.25) is 5.96 Å². The van der Waals surface area contributed by atoms with Crippen LogP contribution in [0.15, 0.2) is 65.8 Å². The minimum atomic E-state index is -1.42. The van der Waals surface area contributed by atoms with Crippen LogP contribution in [0, 0.1) is 5.41 Å². The lowest BCUT2D eigenvalue weighted by atomic mass is 9.95. The van der Waals surface area contributed by atoms with Gasteiger partial charge in [0.15, 0.2) is 5.72 Å². The maximum absolute atomic E-state index is 11.0. The zero-order valence-electron chi connectivity index (χ0n) is 11.4. The lowest BCUT2D eigenvalue weighted by Crippen LogP contribution is -2.46. The van der Waals surface area contributed by atoms with Gasteiger partial charge in [0.1, 0.15) is 0 Å². The van der Waals surface area contributed by atoms with Crippen molar-refractivity contribution in [3.63, 3.8) is 0 Å². The van der Waals surface area contributed by atoms with E-state index in [4.69, 9.17) is 11.1 Å². The normalized spacial score (nSPS) is 21.2. The van der Waals surface area contributed by atoms with E-state index < -0.39 is 5.72 Å². The number of aliphatic hydroxyl groups is 1. The molecule has 5 heteroatoms. The first-order valence-corrected chi connectivity index (χ1v) is 6.66. The van der Waals surface area contributed by atoms with E-state index in [1.165, 1.54) is 5.01 Å². The van der Waals surface area contributed by atoms with Gasteiger partial charge in [0.25, 0.3) is 0 Å². The molecule has 2 aromatic carbocycles. The smallest absolute Gasteiger partial charge is 0.212 e. The molecule has 2 aromatic rings. The predicted molar refractivity (Wildman–Crippen MR) is 81.7 cm³/mol. The van der Waals surface area contributed by atoms with Crippen LogP contribution in [0.2, 0.25) is 0 Å². The van der Waals surface area contributed by atoms with Crippen molar-refractivity contribution in [3.05, 3.63) is 71.8 Å². The van der Waals surface area contributed by atoms with Crippen molar-refractivity contribution in [2.75, 3.05) is 0 Å². The van der Waals surface area contributed by atoms with Crippen molar-refractivity contribution >= 4 is 11.7 Å². The second-order valence-electron chi connectivity index (χ2n) is 4.97. The molecule has 1 aliphatic heterocycles. The number of benzene rings is 2. The van der Waals surface area contributed by atoms with Crippen LogP contribution in [0.1, 0.15) is 17.5 Å². The summed E-state index contributed by atoms with van der Waals surface area (Å²) in [5.74, 6) is -0.285. The fraction of sp³-hybridized carbons (Fsp3) is 0.125. The van der Waals surface area contributed by atoms with Crippen molar-refractivity contribution in [1.29, 1.82) is 5.41 Å². The van der Waals surface area contributed by atoms with Gasteiger partial charge in [-0.1, -0.05) is 60.7 Å². The van der Waals surface area contributed by atoms with Gasteiger partial charge in [-0.15, -0.1) is 0 Å². The molecule has 21 heavy (non-hydrogen) atoms. The quantitative estimate of drug-likeness (QED) is 0.579. The number of nitrogens with one attached hydrogen (secondary N) is 1. The highest BCUT2D eigenvalue weighted by Gasteiger charge is 2.44. The van der Waals surface area contributed by atoms with Crippen LogP contribution in [0.5, 0.6) is 0 Å². The Labute approximate surface area is 122 Å². The summed E-state index contributed by atoms with van der Waals surface area (Å²) in [5.41, 5.74) is 6.45. The molecule has 0 saturated heterocycles. The third-order valence-electron chi connectivity index (χ3n) is 3.56. The number of hydrazone groups is 1. The molecule has 3 rings (SSSR count). The predicted octanol–water partition coefficient (Wildman–Crippen LogP) is 1.84. The Morgan fingerprint density at radius 3 is 2.24 bits per heavy atom. The summed E-state index contributed by atoms with van der Waals surface area (Å²) in [5, 5.41) is 24.2. The summed E-state index contributed by atoms with van der Waals surface area (Å²) in [4.78, 5) is 0. The van der Waals surface area contributed by atoms with Crippen molar-refractivity contribution in [2.45, 2.75) is 12.1 Å². The molecule has 0 saturated carbocycles. The zero-order chi connectivity index (χ0) is 14.9.